The second-order valence-corrected chi connectivity index (χ2v) is 6.21. The van der Waals surface area contributed by atoms with E-state index in [1.807, 2.05) is 26.0 Å². The molecule has 1 unspecified atom stereocenters. The van der Waals surface area contributed by atoms with E-state index in [1.165, 1.54) is 24.8 Å². The van der Waals surface area contributed by atoms with Crippen molar-refractivity contribution in [2.24, 2.45) is 0 Å². The first kappa shape index (κ1) is 13.1. The van der Waals surface area contributed by atoms with Crippen LogP contribution in [0.15, 0.2) is 12.1 Å². The number of hydrogen-bond acceptors (Lipinski definition) is 2. The lowest BCUT2D eigenvalue weighted by Gasteiger charge is -2.17. The number of nitrogens with one attached hydrogen (secondary N) is 1. The third-order valence-corrected chi connectivity index (χ3v) is 4.22. The van der Waals surface area contributed by atoms with E-state index in [-0.39, 0.29) is 5.82 Å². The lowest BCUT2D eigenvalue weighted by atomic mass is 10.1. The van der Waals surface area contributed by atoms with Crippen molar-refractivity contribution in [3.63, 3.8) is 0 Å². The van der Waals surface area contributed by atoms with E-state index in [2.05, 4.69) is 10.2 Å². The Morgan fingerprint density at radius 1 is 1.16 bits per heavy atom. The van der Waals surface area contributed by atoms with E-state index in [1.54, 1.807) is 0 Å². The second kappa shape index (κ2) is 5.22. The molecule has 0 amide bonds. The minimum absolute atomic E-state index is 0.0570. The van der Waals surface area contributed by atoms with Crippen LogP contribution in [0.25, 0.3) is 0 Å². The number of rotatable bonds is 4. The molecule has 1 aromatic carbocycles. The molecule has 1 N–H and O–H groups in total. The van der Waals surface area contributed by atoms with Gasteiger partial charge < -0.3 is 5.32 Å². The highest BCUT2D eigenvalue weighted by molar-refractivity contribution is 5.30. The summed E-state index contributed by atoms with van der Waals surface area (Å²) >= 11 is 0. The third-order valence-electron chi connectivity index (χ3n) is 4.22. The molecule has 1 heterocycles. The molecule has 19 heavy (non-hydrogen) atoms. The van der Waals surface area contributed by atoms with Crippen molar-refractivity contribution in [2.45, 2.75) is 51.7 Å². The van der Waals surface area contributed by atoms with Gasteiger partial charge in [-0.1, -0.05) is 12.1 Å². The summed E-state index contributed by atoms with van der Waals surface area (Å²) in [5, 5.41) is 3.70. The van der Waals surface area contributed by atoms with Gasteiger partial charge in [-0.25, -0.2) is 4.39 Å². The van der Waals surface area contributed by atoms with Gasteiger partial charge in [0.25, 0.3) is 0 Å². The van der Waals surface area contributed by atoms with Crippen molar-refractivity contribution in [3.8, 4) is 0 Å². The number of likely N-dealkylation sites (tertiary alicyclic amines) is 1. The molecular formula is C16H23FN2. The average molecular weight is 262 g/mol. The van der Waals surface area contributed by atoms with E-state index in [4.69, 9.17) is 0 Å². The monoisotopic (exact) mass is 262 g/mol. The molecule has 104 valence electrons. The van der Waals surface area contributed by atoms with Crippen molar-refractivity contribution in [2.75, 3.05) is 13.1 Å². The van der Waals surface area contributed by atoms with Gasteiger partial charge in [0.1, 0.15) is 5.82 Å². The van der Waals surface area contributed by atoms with Crippen LogP contribution < -0.4 is 5.32 Å². The van der Waals surface area contributed by atoms with Crippen LogP contribution in [0.1, 0.15) is 36.0 Å². The van der Waals surface area contributed by atoms with Crippen LogP contribution in [0, 0.1) is 19.7 Å². The number of aryl methyl sites for hydroxylation is 2. The zero-order valence-electron chi connectivity index (χ0n) is 11.9. The SMILES string of the molecule is Cc1cc(CN2CCC(NC3CC3)C2)cc(C)c1F. The molecule has 2 nitrogen and oxygen atoms in total. The van der Waals surface area contributed by atoms with E-state index < -0.39 is 0 Å². The maximum atomic E-state index is 13.6. The van der Waals surface area contributed by atoms with Crippen LogP contribution in [0.5, 0.6) is 0 Å². The van der Waals surface area contributed by atoms with Gasteiger partial charge in [0.05, 0.1) is 0 Å². The molecule has 2 aliphatic rings. The molecule has 1 saturated carbocycles. The minimum Gasteiger partial charge on any atom is -0.310 e. The predicted octanol–water partition coefficient (Wildman–Crippen LogP) is 2.77. The second-order valence-electron chi connectivity index (χ2n) is 6.21. The molecule has 1 aliphatic carbocycles. The molecule has 0 bridgehead atoms. The Morgan fingerprint density at radius 3 is 2.47 bits per heavy atom. The topological polar surface area (TPSA) is 15.3 Å². The van der Waals surface area contributed by atoms with Gasteiger partial charge in [0, 0.05) is 31.7 Å². The van der Waals surface area contributed by atoms with Crippen LogP contribution >= 0.6 is 0 Å². The van der Waals surface area contributed by atoms with Gasteiger partial charge >= 0.3 is 0 Å². The summed E-state index contributed by atoms with van der Waals surface area (Å²) in [5.74, 6) is -0.0570. The number of hydrogen-bond donors (Lipinski definition) is 1. The van der Waals surface area contributed by atoms with Crippen LogP contribution in [-0.4, -0.2) is 30.1 Å². The first-order chi connectivity index (χ1) is 9.11. The fourth-order valence-electron chi connectivity index (χ4n) is 3.08. The minimum atomic E-state index is -0.0570. The van der Waals surface area contributed by atoms with Crippen LogP contribution in [0.4, 0.5) is 4.39 Å². The molecule has 2 fully saturated rings. The standard InChI is InChI=1S/C16H23FN2/c1-11-7-13(8-12(2)16(11)17)9-19-6-5-15(10-19)18-14-3-4-14/h7-8,14-15,18H,3-6,9-10H2,1-2H3. The highest BCUT2D eigenvalue weighted by Crippen LogP contribution is 2.23. The summed E-state index contributed by atoms with van der Waals surface area (Å²) in [6, 6.07) is 5.43. The molecule has 1 atom stereocenters. The van der Waals surface area contributed by atoms with Gasteiger partial charge in [-0.05, 0) is 49.8 Å². The number of halogens is 1. The Kier molecular flexibility index (Phi) is 3.59. The molecule has 3 heteroatoms. The maximum Gasteiger partial charge on any atom is 0.129 e. The summed E-state index contributed by atoms with van der Waals surface area (Å²) in [4.78, 5) is 2.48. The summed E-state index contributed by atoms with van der Waals surface area (Å²) in [5.41, 5.74) is 2.77. The molecule has 3 rings (SSSR count). The van der Waals surface area contributed by atoms with Crippen molar-refractivity contribution in [3.05, 3.63) is 34.6 Å². The highest BCUT2D eigenvalue weighted by atomic mass is 19.1. The summed E-state index contributed by atoms with van der Waals surface area (Å²) < 4.78 is 13.6. The Hall–Kier alpha value is -0.930. The van der Waals surface area contributed by atoms with E-state index in [0.717, 1.165) is 36.8 Å². The molecule has 0 radical (unpaired) electrons. The van der Waals surface area contributed by atoms with Crippen LogP contribution in [-0.2, 0) is 6.54 Å². The fraction of sp³-hybridized carbons (Fsp3) is 0.625. The first-order valence-electron chi connectivity index (χ1n) is 7.36. The third kappa shape index (κ3) is 3.15. The first-order valence-corrected chi connectivity index (χ1v) is 7.36. The van der Waals surface area contributed by atoms with Crippen LogP contribution in [0.3, 0.4) is 0 Å². The lowest BCUT2D eigenvalue weighted by Crippen LogP contribution is -2.33. The summed E-state index contributed by atoms with van der Waals surface area (Å²) in [6.07, 6.45) is 3.95. The van der Waals surface area contributed by atoms with Gasteiger partial charge in [-0.2, -0.15) is 0 Å². The van der Waals surface area contributed by atoms with E-state index in [0.29, 0.717) is 6.04 Å². The Balaban J connectivity index is 1.59. The molecular weight excluding hydrogens is 239 g/mol. The molecule has 1 aliphatic heterocycles. The van der Waals surface area contributed by atoms with Crippen molar-refractivity contribution in [1.29, 1.82) is 0 Å². The molecule has 1 saturated heterocycles. The van der Waals surface area contributed by atoms with E-state index >= 15 is 0 Å². The quantitative estimate of drug-likeness (QED) is 0.897. The number of benzene rings is 1. The zero-order valence-corrected chi connectivity index (χ0v) is 11.9. The largest absolute Gasteiger partial charge is 0.310 e. The van der Waals surface area contributed by atoms with E-state index in [9.17, 15) is 4.39 Å². The summed E-state index contributed by atoms with van der Waals surface area (Å²) in [7, 11) is 0. The van der Waals surface area contributed by atoms with Gasteiger partial charge in [0.2, 0.25) is 0 Å². The lowest BCUT2D eigenvalue weighted by molar-refractivity contribution is 0.319. The zero-order chi connectivity index (χ0) is 13.4. The molecule has 0 spiro atoms. The Morgan fingerprint density at radius 2 is 1.84 bits per heavy atom. The molecule has 1 aromatic rings. The normalized spacial score (nSPS) is 24.1. The maximum absolute atomic E-state index is 13.6. The smallest absolute Gasteiger partial charge is 0.129 e. The number of nitrogens with zero attached hydrogens (tertiary/aromatic N) is 1. The summed E-state index contributed by atoms with van der Waals surface area (Å²) in [6.45, 7) is 6.94. The Labute approximate surface area is 115 Å². The Bertz CT molecular complexity index is 445. The highest BCUT2D eigenvalue weighted by Gasteiger charge is 2.29. The average Bonchev–Trinajstić information content (AvgIpc) is 3.06. The van der Waals surface area contributed by atoms with Gasteiger partial charge in [-0.3, -0.25) is 4.90 Å². The van der Waals surface area contributed by atoms with Crippen molar-refractivity contribution in [1.82, 2.24) is 10.2 Å². The van der Waals surface area contributed by atoms with Crippen molar-refractivity contribution >= 4 is 0 Å². The van der Waals surface area contributed by atoms with Crippen molar-refractivity contribution < 1.29 is 4.39 Å². The van der Waals surface area contributed by atoms with Crippen LogP contribution in [0.2, 0.25) is 0 Å². The predicted molar refractivity (Wildman–Crippen MR) is 75.7 cm³/mol. The van der Waals surface area contributed by atoms with Gasteiger partial charge in [-0.15, -0.1) is 0 Å². The fourth-order valence-corrected chi connectivity index (χ4v) is 3.08. The molecule has 0 aromatic heterocycles. The van der Waals surface area contributed by atoms with Gasteiger partial charge in [0.15, 0.2) is 0 Å².